The Hall–Kier alpha value is -0.530. The number of carbonyl (C=O) groups is 1. The van der Waals surface area contributed by atoms with Gasteiger partial charge in [-0.25, -0.2) is 0 Å². The third kappa shape index (κ3) is 1.13. The minimum absolute atomic E-state index is 0.0385. The maximum atomic E-state index is 10.7. The molecule has 0 bridgehead atoms. The predicted octanol–water partition coefficient (Wildman–Crippen LogP) is 2.29. The Morgan fingerprint density at radius 1 is 1.42 bits per heavy atom. The first-order valence-electron chi connectivity index (χ1n) is 4.87. The Morgan fingerprint density at radius 3 is 2.25 bits per heavy atom. The van der Waals surface area contributed by atoms with Crippen LogP contribution in [0.15, 0.2) is 0 Å². The summed E-state index contributed by atoms with van der Waals surface area (Å²) in [6.45, 7) is 2.29. The molecule has 2 saturated carbocycles. The van der Waals surface area contributed by atoms with E-state index in [-0.39, 0.29) is 5.92 Å². The Kier molecular flexibility index (Phi) is 1.67. The highest BCUT2D eigenvalue weighted by molar-refractivity contribution is 5.70. The van der Waals surface area contributed by atoms with Crippen LogP contribution in [0.4, 0.5) is 0 Å². The molecule has 1 atom stereocenters. The van der Waals surface area contributed by atoms with Gasteiger partial charge >= 0.3 is 5.97 Å². The summed E-state index contributed by atoms with van der Waals surface area (Å²) < 4.78 is 0. The van der Waals surface area contributed by atoms with Crippen LogP contribution in [0.25, 0.3) is 0 Å². The molecular formula is C10H16O2. The molecular weight excluding hydrogens is 152 g/mol. The summed E-state index contributed by atoms with van der Waals surface area (Å²) in [6, 6.07) is 0. The highest BCUT2D eigenvalue weighted by Crippen LogP contribution is 2.61. The van der Waals surface area contributed by atoms with E-state index in [9.17, 15) is 4.79 Å². The largest absolute Gasteiger partial charge is 0.481 e. The zero-order chi connectivity index (χ0) is 8.77. The lowest BCUT2D eigenvalue weighted by Crippen LogP contribution is -2.22. The van der Waals surface area contributed by atoms with E-state index in [1.165, 1.54) is 6.42 Å². The normalized spacial score (nSPS) is 46.1. The summed E-state index contributed by atoms with van der Waals surface area (Å²) in [5.41, 5.74) is 0.589. The van der Waals surface area contributed by atoms with Gasteiger partial charge in [0.25, 0.3) is 0 Å². The minimum atomic E-state index is -0.585. The van der Waals surface area contributed by atoms with Gasteiger partial charge in [0.15, 0.2) is 0 Å². The second-order valence-electron chi connectivity index (χ2n) is 4.58. The average molecular weight is 168 g/mol. The molecule has 0 aromatic carbocycles. The van der Waals surface area contributed by atoms with Crippen LogP contribution in [0.2, 0.25) is 0 Å². The van der Waals surface area contributed by atoms with Gasteiger partial charge in [-0.2, -0.15) is 0 Å². The first kappa shape index (κ1) is 8.09. The van der Waals surface area contributed by atoms with Crippen LogP contribution >= 0.6 is 0 Å². The fourth-order valence-electron chi connectivity index (χ4n) is 2.69. The molecule has 0 aliphatic heterocycles. The highest BCUT2D eigenvalue weighted by Gasteiger charge is 2.52. The molecule has 2 aliphatic rings. The zero-order valence-electron chi connectivity index (χ0n) is 7.55. The van der Waals surface area contributed by atoms with Gasteiger partial charge in [0.05, 0.1) is 5.92 Å². The van der Waals surface area contributed by atoms with Gasteiger partial charge in [-0.15, -0.1) is 0 Å². The lowest BCUT2D eigenvalue weighted by Gasteiger charge is -2.26. The monoisotopic (exact) mass is 168 g/mol. The van der Waals surface area contributed by atoms with Crippen molar-refractivity contribution in [2.75, 3.05) is 0 Å². The van der Waals surface area contributed by atoms with Crippen LogP contribution in [0.5, 0.6) is 0 Å². The molecule has 2 rings (SSSR count). The van der Waals surface area contributed by atoms with E-state index < -0.39 is 5.97 Å². The first-order chi connectivity index (χ1) is 5.64. The second kappa shape index (κ2) is 2.48. The van der Waals surface area contributed by atoms with Crippen LogP contribution in [0, 0.1) is 17.3 Å². The first-order valence-corrected chi connectivity index (χ1v) is 4.87. The molecule has 2 fully saturated rings. The zero-order valence-corrected chi connectivity index (χ0v) is 7.55. The van der Waals surface area contributed by atoms with E-state index >= 15 is 0 Å². The van der Waals surface area contributed by atoms with E-state index in [1.54, 1.807) is 0 Å². The number of carboxylic acids is 1. The van der Waals surface area contributed by atoms with Crippen molar-refractivity contribution in [3.63, 3.8) is 0 Å². The van der Waals surface area contributed by atoms with Crippen molar-refractivity contribution in [3.05, 3.63) is 0 Å². The van der Waals surface area contributed by atoms with Gasteiger partial charge in [-0.3, -0.25) is 4.79 Å². The fraction of sp³-hybridized carbons (Fsp3) is 0.900. The molecule has 1 spiro atoms. The van der Waals surface area contributed by atoms with Crippen molar-refractivity contribution in [3.8, 4) is 0 Å². The standard InChI is InChI=1S/C10H16O2/c1-7-6-10(7)4-2-8(3-5-10)9(11)12/h7-8H,2-6H2,1H3,(H,11,12). The highest BCUT2D eigenvalue weighted by atomic mass is 16.4. The van der Waals surface area contributed by atoms with E-state index in [1.807, 2.05) is 0 Å². The number of carboxylic acid groups (broad SMARTS) is 1. The summed E-state index contributed by atoms with van der Waals surface area (Å²) in [6.07, 6.45) is 5.49. The van der Waals surface area contributed by atoms with E-state index in [0.29, 0.717) is 5.41 Å². The summed E-state index contributed by atoms with van der Waals surface area (Å²) in [7, 11) is 0. The summed E-state index contributed by atoms with van der Waals surface area (Å²) >= 11 is 0. The van der Waals surface area contributed by atoms with Crippen molar-refractivity contribution in [1.82, 2.24) is 0 Å². The van der Waals surface area contributed by atoms with Crippen molar-refractivity contribution in [2.45, 2.75) is 39.0 Å². The molecule has 12 heavy (non-hydrogen) atoms. The molecule has 2 aliphatic carbocycles. The van der Waals surface area contributed by atoms with Crippen LogP contribution in [-0.4, -0.2) is 11.1 Å². The SMILES string of the molecule is CC1CC12CCC(C(=O)O)CC2. The molecule has 0 radical (unpaired) electrons. The molecule has 2 nitrogen and oxygen atoms in total. The van der Waals surface area contributed by atoms with Crippen LogP contribution in [0.3, 0.4) is 0 Å². The Morgan fingerprint density at radius 2 is 1.92 bits per heavy atom. The maximum absolute atomic E-state index is 10.7. The van der Waals surface area contributed by atoms with E-state index in [4.69, 9.17) is 5.11 Å². The van der Waals surface area contributed by atoms with Crippen LogP contribution < -0.4 is 0 Å². The second-order valence-corrected chi connectivity index (χ2v) is 4.58. The Bertz CT molecular complexity index is 202. The lowest BCUT2D eigenvalue weighted by atomic mass is 9.78. The molecule has 68 valence electrons. The number of rotatable bonds is 1. The van der Waals surface area contributed by atoms with Crippen molar-refractivity contribution in [1.29, 1.82) is 0 Å². The third-order valence-electron chi connectivity index (χ3n) is 3.93. The van der Waals surface area contributed by atoms with Crippen molar-refractivity contribution < 1.29 is 9.90 Å². The molecule has 0 amide bonds. The Labute approximate surface area is 73.0 Å². The smallest absolute Gasteiger partial charge is 0.306 e. The van der Waals surface area contributed by atoms with Gasteiger partial charge in [0.1, 0.15) is 0 Å². The molecule has 0 aromatic rings. The van der Waals surface area contributed by atoms with E-state index in [0.717, 1.165) is 31.6 Å². The van der Waals surface area contributed by atoms with Gasteiger partial charge in [0.2, 0.25) is 0 Å². The maximum Gasteiger partial charge on any atom is 0.306 e. The van der Waals surface area contributed by atoms with Gasteiger partial charge in [-0.1, -0.05) is 6.92 Å². The molecule has 0 heterocycles. The van der Waals surface area contributed by atoms with Gasteiger partial charge in [-0.05, 0) is 43.4 Å². The molecule has 0 saturated heterocycles. The quantitative estimate of drug-likeness (QED) is 0.652. The van der Waals surface area contributed by atoms with Crippen LogP contribution in [-0.2, 0) is 4.79 Å². The molecule has 2 heteroatoms. The number of aliphatic carboxylic acids is 1. The molecule has 0 aromatic heterocycles. The predicted molar refractivity (Wildman–Crippen MR) is 45.8 cm³/mol. The third-order valence-corrected chi connectivity index (χ3v) is 3.93. The van der Waals surface area contributed by atoms with E-state index in [2.05, 4.69) is 6.92 Å². The van der Waals surface area contributed by atoms with Gasteiger partial charge < -0.3 is 5.11 Å². The summed E-state index contributed by atoms with van der Waals surface area (Å²) in [4.78, 5) is 10.7. The lowest BCUT2D eigenvalue weighted by molar-refractivity contribution is -0.143. The fourth-order valence-corrected chi connectivity index (χ4v) is 2.69. The number of hydrogen-bond acceptors (Lipinski definition) is 1. The topological polar surface area (TPSA) is 37.3 Å². The average Bonchev–Trinajstić information content (AvgIpc) is 2.62. The molecule has 1 N–H and O–H groups in total. The Balaban J connectivity index is 1.90. The summed E-state index contributed by atoms with van der Waals surface area (Å²) in [5, 5.41) is 8.79. The summed E-state index contributed by atoms with van der Waals surface area (Å²) in [5.74, 6) is 0.244. The van der Waals surface area contributed by atoms with Gasteiger partial charge in [0, 0.05) is 0 Å². The molecule has 1 unspecified atom stereocenters. The van der Waals surface area contributed by atoms with Crippen LogP contribution in [0.1, 0.15) is 39.0 Å². The number of hydrogen-bond donors (Lipinski definition) is 1. The van der Waals surface area contributed by atoms with Crippen molar-refractivity contribution >= 4 is 5.97 Å². The minimum Gasteiger partial charge on any atom is -0.481 e. The van der Waals surface area contributed by atoms with Crippen molar-refractivity contribution in [2.24, 2.45) is 17.3 Å².